The van der Waals surface area contributed by atoms with Gasteiger partial charge in [0.05, 0.1) is 12.5 Å². The molecular formula is C25H28N6O5S. The van der Waals surface area contributed by atoms with E-state index in [-0.39, 0.29) is 17.2 Å². The largest absolute Gasteiger partial charge is 0.481 e. The molecule has 1 heterocycles. The third-order valence-electron chi connectivity index (χ3n) is 5.31. The summed E-state index contributed by atoms with van der Waals surface area (Å²) in [4.78, 5) is 52.8. The Balaban J connectivity index is 1.53. The molecule has 2 atom stereocenters. The van der Waals surface area contributed by atoms with Crippen LogP contribution < -0.4 is 27.0 Å². The minimum Gasteiger partial charge on any atom is -0.481 e. The van der Waals surface area contributed by atoms with Crippen LogP contribution in [0.4, 0.5) is 9.93 Å². The van der Waals surface area contributed by atoms with Gasteiger partial charge in [0, 0.05) is 18.5 Å². The van der Waals surface area contributed by atoms with E-state index in [1.807, 2.05) is 30.3 Å². The Morgan fingerprint density at radius 2 is 1.70 bits per heavy atom. The van der Waals surface area contributed by atoms with E-state index < -0.39 is 35.9 Å². The number of amides is 4. The Labute approximate surface area is 217 Å². The van der Waals surface area contributed by atoms with Crippen molar-refractivity contribution < 1.29 is 24.3 Å². The van der Waals surface area contributed by atoms with E-state index in [0.717, 1.165) is 22.5 Å². The lowest BCUT2D eigenvalue weighted by atomic mass is 10.0. The summed E-state index contributed by atoms with van der Waals surface area (Å²) in [5, 5.41) is 21.4. The molecule has 7 N–H and O–H groups in total. The first kappa shape index (κ1) is 27.3. The molecular weight excluding hydrogens is 496 g/mol. The second kappa shape index (κ2) is 13.1. The summed E-state index contributed by atoms with van der Waals surface area (Å²) >= 11 is 1.06. The van der Waals surface area contributed by atoms with Crippen molar-refractivity contribution in [2.45, 2.75) is 38.5 Å². The number of carbonyl (C=O) groups excluding carboxylic acids is 3. The average Bonchev–Trinajstić information content (AvgIpc) is 3.36. The zero-order valence-corrected chi connectivity index (χ0v) is 20.9. The number of hydrogen-bond acceptors (Lipinski definition) is 7. The molecule has 4 amide bonds. The molecule has 3 aromatic rings. The lowest BCUT2D eigenvalue weighted by molar-refractivity contribution is -0.137. The maximum absolute atomic E-state index is 12.7. The van der Waals surface area contributed by atoms with E-state index in [4.69, 9.17) is 5.73 Å². The van der Waals surface area contributed by atoms with Crippen molar-refractivity contribution in [2.24, 2.45) is 5.73 Å². The topological polar surface area (TPSA) is 176 Å². The number of carbonyl (C=O) groups is 4. The number of rotatable bonds is 11. The number of aliphatic carboxylic acids is 1. The zero-order chi connectivity index (χ0) is 26.8. The Hall–Kier alpha value is -4.29. The van der Waals surface area contributed by atoms with Crippen LogP contribution in [-0.2, 0) is 22.7 Å². The van der Waals surface area contributed by atoms with Gasteiger partial charge in [-0.05, 0) is 23.6 Å². The molecule has 11 nitrogen and oxygen atoms in total. The molecule has 0 aliphatic rings. The summed E-state index contributed by atoms with van der Waals surface area (Å²) in [5.74, 6) is -2.25. The number of thiazole rings is 1. The van der Waals surface area contributed by atoms with Gasteiger partial charge in [-0.3, -0.25) is 19.7 Å². The Bertz CT molecular complexity index is 1230. The Morgan fingerprint density at radius 3 is 2.35 bits per heavy atom. The van der Waals surface area contributed by atoms with Crippen molar-refractivity contribution in [1.29, 1.82) is 0 Å². The van der Waals surface area contributed by atoms with Crippen molar-refractivity contribution in [3.63, 3.8) is 0 Å². The number of nitrogens with zero attached hydrogens (tertiary/aromatic N) is 1. The fraction of sp³-hybridized carbons (Fsp3) is 0.240. The van der Waals surface area contributed by atoms with Crippen molar-refractivity contribution in [3.8, 4) is 0 Å². The molecule has 2 unspecified atom stereocenters. The van der Waals surface area contributed by atoms with Gasteiger partial charge in [0.2, 0.25) is 5.91 Å². The van der Waals surface area contributed by atoms with Gasteiger partial charge in [0.15, 0.2) is 5.13 Å². The van der Waals surface area contributed by atoms with Gasteiger partial charge >= 0.3 is 12.0 Å². The first-order valence-electron chi connectivity index (χ1n) is 11.4. The van der Waals surface area contributed by atoms with Gasteiger partial charge in [-0.15, -0.1) is 11.3 Å². The van der Waals surface area contributed by atoms with Crippen LogP contribution in [0.3, 0.4) is 0 Å². The highest BCUT2D eigenvalue weighted by molar-refractivity contribution is 7.14. The van der Waals surface area contributed by atoms with Crippen molar-refractivity contribution in [2.75, 3.05) is 5.32 Å². The molecule has 1 aromatic heterocycles. The Kier molecular flexibility index (Phi) is 9.69. The SMILES string of the molecule is CC(NC(=O)c1csc(NC(=O)NCc2ccccc2)n1)C(=O)NC(CC(=O)O)c1ccc(CN)cc1. The molecule has 0 aliphatic heterocycles. The number of hydrogen-bond donors (Lipinski definition) is 6. The van der Waals surface area contributed by atoms with Crippen LogP contribution in [-0.4, -0.2) is 39.9 Å². The predicted octanol–water partition coefficient (Wildman–Crippen LogP) is 2.37. The third kappa shape index (κ3) is 8.40. The first-order valence-corrected chi connectivity index (χ1v) is 12.3. The standard InChI is InChI=1S/C25H28N6O5S/c1-15(22(34)29-19(11-21(32)33)18-9-7-16(12-26)8-10-18)28-23(35)20-14-37-25(30-20)31-24(36)27-13-17-5-3-2-4-6-17/h2-10,14-15,19H,11-13,26H2,1H3,(H,28,35)(H,29,34)(H,32,33)(H2,27,30,31,36). The maximum Gasteiger partial charge on any atom is 0.321 e. The molecule has 194 valence electrons. The minimum absolute atomic E-state index is 0.0301. The fourth-order valence-electron chi connectivity index (χ4n) is 3.30. The maximum atomic E-state index is 12.7. The molecule has 12 heteroatoms. The average molecular weight is 525 g/mol. The van der Waals surface area contributed by atoms with Crippen LogP contribution in [0.5, 0.6) is 0 Å². The summed E-state index contributed by atoms with van der Waals surface area (Å²) in [5.41, 5.74) is 8.04. The summed E-state index contributed by atoms with van der Waals surface area (Å²) in [6.07, 6.45) is -0.332. The lowest BCUT2D eigenvalue weighted by Gasteiger charge is -2.21. The second-order valence-electron chi connectivity index (χ2n) is 8.13. The molecule has 0 fully saturated rings. The molecule has 0 aliphatic carbocycles. The lowest BCUT2D eigenvalue weighted by Crippen LogP contribution is -2.46. The molecule has 0 saturated heterocycles. The smallest absolute Gasteiger partial charge is 0.321 e. The number of carboxylic acids is 1. The highest BCUT2D eigenvalue weighted by atomic mass is 32.1. The number of urea groups is 1. The van der Waals surface area contributed by atoms with Gasteiger partial charge in [-0.25, -0.2) is 9.78 Å². The number of nitrogens with two attached hydrogens (primary N) is 1. The summed E-state index contributed by atoms with van der Waals surface area (Å²) in [7, 11) is 0. The fourth-order valence-corrected chi connectivity index (χ4v) is 3.99. The first-order chi connectivity index (χ1) is 17.7. The highest BCUT2D eigenvalue weighted by Gasteiger charge is 2.23. The molecule has 3 rings (SSSR count). The summed E-state index contributed by atoms with van der Waals surface area (Å²) in [6, 6.07) is 14.1. The van der Waals surface area contributed by atoms with Crippen LogP contribution in [0, 0.1) is 0 Å². The van der Waals surface area contributed by atoms with Gasteiger partial charge < -0.3 is 26.8 Å². The van der Waals surface area contributed by atoms with E-state index >= 15 is 0 Å². The number of anilines is 1. The van der Waals surface area contributed by atoms with E-state index in [1.54, 1.807) is 24.3 Å². The van der Waals surface area contributed by atoms with Gasteiger partial charge in [0.1, 0.15) is 11.7 Å². The molecule has 0 saturated carbocycles. The number of benzene rings is 2. The number of carboxylic acid groups (broad SMARTS) is 1. The quantitative estimate of drug-likeness (QED) is 0.223. The van der Waals surface area contributed by atoms with E-state index in [9.17, 15) is 24.3 Å². The molecule has 37 heavy (non-hydrogen) atoms. The van der Waals surface area contributed by atoms with E-state index in [1.165, 1.54) is 12.3 Å². The minimum atomic E-state index is -1.08. The van der Waals surface area contributed by atoms with Gasteiger partial charge in [0.25, 0.3) is 5.91 Å². The number of nitrogens with one attached hydrogen (secondary N) is 4. The van der Waals surface area contributed by atoms with E-state index in [0.29, 0.717) is 18.7 Å². The van der Waals surface area contributed by atoms with Crippen molar-refractivity contribution in [1.82, 2.24) is 20.9 Å². The summed E-state index contributed by atoms with van der Waals surface area (Å²) in [6.45, 7) is 2.15. The van der Waals surface area contributed by atoms with E-state index in [2.05, 4.69) is 26.3 Å². The van der Waals surface area contributed by atoms with Crippen LogP contribution >= 0.6 is 11.3 Å². The van der Waals surface area contributed by atoms with Crippen molar-refractivity contribution >= 4 is 40.3 Å². The normalized spacial score (nSPS) is 12.2. The van der Waals surface area contributed by atoms with Crippen LogP contribution in [0.1, 0.15) is 46.6 Å². The second-order valence-corrected chi connectivity index (χ2v) is 8.99. The molecule has 0 spiro atoms. The van der Waals surface area contributed by atoms with Crippen LogP contribution in [0.15, 0.2) is 60.0 Å². The van der Waals surface area contributed by atoms with Crippen LogP contribution in [0.25, 0.3) is 0 Å². The Morgan fingerprint density at radius 1 is 1.00 bits per heavy atom. The summed E-state index contributed by atoms with van der Waals surface area (Å²) < 4.78 is 0. The zero-order valence-electron chi connectivity index (χ0n) is 20.1. The number of aromatic nitrogens is 1. The highest BCUT2D eigenvalue weighted by Crippen LogP contribution is 2.19. The molecule has 0 bridgehead atoms. The van der Waals surface area contributed by atoms with Crippen LogP contribution in [0.2, 0.25) is 0 Å². The molecule has 2 aromatic carbocycles. The predicted molar refractivity (Wildman–Crippen MR) is 139 cm³/mol. The van der Waals surface area contributed by atoms with Gasteiger partial charge in [-0.2, -0.15) is 0 Å². The van der Waals surface area contributed by atoms with Gasteiger partial charge in [-0.1, -0.05) is 54.6 Å². The third-order valence-corrected chi connectivity index (χ3v) is 6.06. The monoisotopic (exact) mass is 524 g/mol. The molecule has 0 radical (unpaired) electrons. The van der Waals surface area contributed by atoms with Crippen molar-refractivity contribution in [3.05, 3.63) is 82.4 Å².